The summed E-state index contributed by atoms with van der Waals surface area (Å²) < 4.78 is 1.70. The van der Waals surface area contributed by atoms with Crippen molar-refractivity contribution in [1.82, 2.24) is 24.4 Å². The van der Waals surface area contributed by atoms with E-state index >= 15 is 0 Å². The summed E-state index contributed by atoms with van der Waals surface area (Å²) >= 11 is 0. The number of carbonyl (C=O) groups is 2. The van der Waals surface area contributed by atoms with Crippen molar-refractivity contribution >= 4 is 17.8 Å². The van der Waals surface area contributed by atoms with Crippen LogP contribution in [0.3, 0.4) is 0 Å². The first-order chi connectivity index (χ1) is 16.3. The molecule has 0 unspecified atom stereocenters. The van der Waals surface area contributed by atoms with Gasteiger partial charge in [-0.2, -0.15) is 5.10 Å². The summed E-state index contributed by atoms with van der Waals surface area (Å²) in [6, 6.07) is 12.1. The lowest BCUT2D eigenvalue weighted by Crippen LogP contribution is -2.61. The molecule has 1 N–H and O–H groups in total. The van der Waals surface area contributed by atoms with Crippen molar-refractivity contribution in [2.24, 2.45) is 0 Å². The zero-order valence-electron chi connectivity index (χ0n) is 21.8. The summed E-state index contributed by atoms with van der Waals surface area (Å²) in [5.41, 5.74) is 2.91. The van der Waals surface area contributed by atoms with Crippen LogP contribution >= 0.6 is 0 Å². The molecular weight excluding hydrogens is 442 g/mol. The third kappa shape index (κ3) is 6.13. The molecule has 35 heavy (non-hydrogen) atoms. The summed E-state index contributed by atoms with van der Waals surface area (Å²) in [6.45, 7) is 13.7. The molecule has 0 spiro atoms. The molecular formula is C27H37N5O3. The number of amides is 1. The number of carbonyl (C=O) groups excluding carboxylic acids is 2. The van der Waals surface area contributed by atoms with Crippen molar-refractivity contribution in [3.05, 3.63) is 53.9 Å². The standard InChI is InChI=1S/C16H15N3O.C11H22N2O2/c1-11(2)14-8-15(12-6-4-3-5-7-12)18-19-9-13(10-20)17-16(14)19;1-10(2)8-13(7-6-12(10)5)9(14)11(3,4)15/h3-11H,1-2H3;15H,6-8H2,1-5H3. The maximum Gasteiger partial charge on any atom is 0.254 e. The highest BCUT2D eigenvalue weighted by molar-refractivity contribution is 5.84. The molecule has 8 heteroatoms. The molecule has 0 radical (unpaired) electrons. The number of aromatic nitrogens is 3. The van der Waals surface area contributed by atoms with Crippen molar-refractivity contribution in [1.29, 1.82) is 0 Å². The van der Waals surface area contributed by atoms with Gasteiger partial charge in [0.05, 0.1) is 11.9 Å². The molecule has 1 aromatic carbocycles. The summed E-state index contributed by atoms with van der Waals surface area (Å²) in [5, 5.41) is 14.2. The normalized spacial score (nSPS) is 16.2. The highest BCUT2D eigenvalue weighted by atomic mass is 16.3. The second-order valence-corrected chi connectivity index (χ2v) is 10.6. The van der Waals surface area contributed by atoms with Gasteiger partial charge in [0.2, 0.25) is 0 Å². The molecule has 4 rings (SSSR count). The molecule has 0 atom stereocenters. The van der Waals surface area contributed by atoms with Gasteiger partial charge in [0.15, 0.2) is 11.9 Å². The van der Waals surface area contributed by atoms with E-state index in [4.69, 9.17) is 0 Å². The number of benzene rings is 1. The van der Waals surface area contributed by atoms with Gasteiger partial charge in [0.25, 0.3) is 5.91 Å². The van der Waals surface area contributed by atoms with E-state index in [0.29, 0.717) is 24.7 Å². The topological polar surface area (TPSA) is 91.0 Å². The van der Waals surface area contributed by atoms with Crippen LogP contribution in [0.5, 0.6) is 0 Å². The minimum absolute atomic E-state index is 0.0147. The number of hydrogen-bond acceptors (Lipinski definition) is 6. The Morgan fingerprint density at radius 2 is 1.83 bits per heavy atom. The van der Waals surface area contributed by atoms with Crippen molar-refractivity contribution in [2.75, 3.05) is 26.7 Å². The summed E-state index contributed by atoms with van der Waals surface area (Å²) in [4.78, 5) is 31.1. The number of aldehydes is 1. The van der Waals surface area contributed by atoms with Gasteiger partial charge >= 0.3 is 0 Å². The van der Waals surface area contributed by atoms with Gasteiger partial charge in [0.1, 0.15) is 11.3 Å². The molecule has 1 fully saturated rings. The first kappa shape index (κ1) is 26.5. The smallest absolute Gasteiger partial charge is 0.254 e. The lowest BCUT2D eigenvalue weighted by atomic mass is 9.98. The maximum atomic E-state index is 11.9. The molecule has 1 saturated heterocycles. The number of hydrogen-bond donors (Lipinski definition) is 1. The fourth-order valence-corrected chi connectivity index (χ4v) is 4.05. The summed E-state index contributed by atoms with van der Waals surface area (Å²) in [7, 11) is 2.06. The van der Waals surface area contributed by atoms with Gasteiger partial charge in [-0.1, -0.05) is 44.2 Å². The lowest BCUT2D eigenvalue weighted by molar-refractivity contribution is -0.152. The third-order valence-electron chi connectivity index (χ3n) is 6.41. The van der Waals surface area contributed by atoms with Gasteiger partial charge in [-0.05, 0) is 46.7 Å². The number of aliphatic hydroxyl groups is 1. The zero-order chi connectivity index (χ0) is 26.0. The van der Waals surface area contributed by atoms with Gasteiger partial charge in [-0.15, -0.1) is 0 Å². The molecule has 0 bridgehead atoms. The summed E-state index contributed by atoms with van der Waals surface area (Å²) in [6.07, 6.45) is 2.42. The fraction of sp³-hybridized carbons (Fsp3) is 0.481. The van der Waals surface area contributed by atoms with Crippen molar-refractivity contribution < 1.29 is 14.7 Å². The average molecular weight is 480 g/mol. The minimum Gasteiger partial charge on any atom is -0.381 e. The van der Waals surface area contributed by atoms with E-state index in [0.717, 1.165) is 35.3 Å². The van der Waals surface area contributed by atoms with Crippen LogP contribution in [0.15, 0.2) is 42.6 Å². The van der Waals surface area contributed by atoms with E-state index in [1.165, 1.54) is 0 Å². The second kappa shape index (κ2) is 10.3. The second-order valence-electron chi connectivity index (χ2n) is 10.6. The SMILES string of the molecule is CC(C)c1cc(-c2ccccc2)nn2cc(C=O)nc12.CN1CCN(C(=O)C(C)(C)O)CC1(C)C. The molecule has 3 heterocycles. The van der Waals surface area contributed by atoms with Crippen molar-refractivity contribution in [3.8, 4) is 11.3 Å². The Bertz CT molecular complexity index is 1180. The largest absolute Gasteiger partial charge is 0.381 e. The molecule has 2 aromatic heterocycles. The maximum absolute atomic E-state index is 11.9. The first-order valence-corrected chi connectivity index (χ1v) is 12.0. The predicted octanol–water partition coefficient (Wildman–Crippen LogP) is 3.64. The van der Waals surface area contributed by atoms with E-state index in [2.05, 4.69) is 55.8 Å². The van der Waals surface area contributed by atoms with Gasteiger partial charge < -0.3 is 10.0 Å². The number of fused-ring (bicyclic) bond motifs is 1. The number of piperazine rings is 1. The van der Waals surface area contributed by atoms with E-state index in [-0.39, 0.29) is 11.4 Å². The van der Waals surface area contributed by atoms with Crippen LogP contribution in [0.4, 0.5) is 0 Å². The number of nitrogens with zero attached hydrogens (tertiary/aromatic N) is 5. The van der Waals surface area contributed by atoms with Crippen LogP contribution in [-0.2, 0) is 4.79 Å². The van der Waals surface area contributed by atoms with Crippen LogP contribution in [-0.4, -0.2) is 79.5 Å². The average Bonchev–Trinajstić information content (AvgIpc) is 3.23. The highest BCUT2D eigenvalue weighted by Crippen LogP contribution is 2.25. The minimum atomic E-state index is -1.26. The molecule has 1 amide bonds. The molecule has 0 saturated carbocycles. The summed E-state index contributed by atoms with van der Waals surface area (Å²) in [5.74, 6) is 0.133. The Morgan fingerprint density at radius 3 is 2.37 bits per heavy atom. The number of rotatable bonds is 4. The lowest BCUT2D eigenvalue weighted by Gasteiger charge is -2.46. The molecule has 3 aromatic rings. The Kier molecular flexibility index (Phi) is 7.77. The third-order valence-corrected chi connectivity index (χ3v) is 6.41. The Hall–Kier alpha value is -3.10. The van der Waals surface area contributed by atoms with E-state index in [9.17, 15) is 14.7 Å². The molecule has 1 aliphatic heterocycles. The Labute approximate surface area is 207 Å². The van der Waals surface area contributed by atoms with E-state index in [1.54, 1.807) is 29.5 Å². The van der Waals surface area contributed by atoms with E-state index < -0.39 is 5.60 Å². The van der Waals surface area contributed by atoms with Crippen LogP contribution in [0.25, 0.3) is 16.9 Å². The monoisotopic (exact) mass is 479 g/mol. The molecule has 0 aliphatic carbocycles. The number of imidazole rings is 1. The van der Waals surface area contributed by atoms with Gasteiger partial charge in [-0.25, -0.2) is 9.50 Å². The zero-order valence-corrected chi connectivity index (χ0v) is 21.8. The fourth-order valence-electron chi connectivity index (χ4n) is 4.05. The van der Waals surface area contributed by atoms with Crippen molar-refractivity contribution in [2.45, 2.75) is 58.6 Å². The predicted molar refractivity (Wildman–Crippen MR) is 137 cm³/mol. The van der Waals surface area contributed by atoms with Crippen LogP contribution < -0.4 is 0 Å². The van der Waals surface area contributed by atoms with Gasteiger partial charge in [-0.3, -0.25) is 14.5 Å². The van der Waals surface area contributed by atoms with Gasteiger partial charge in [0, 0.05) is 36.3 Å². The highest BCUT2D eigenvalue weighted by Gasteiger charge is 2.37. The Balaban J connectivity index is 0.000000205. The quantitative estimate of drug-likeness (QED) is 0.575. The first-order valence-electron chi connectivity index (χ1n) is 12.0. The van der Waals surface area contributed by atoms with Crippen LogP contribution in [0, 0.1) is 0 Å². The van der Waals surface area contributed by atoms with Crippen LogP contribution in [0.2, 0.25) is 0 Å². The molecule has 1 aliphatic rings. The Morgan fingerprint density at radius 1 is 1.17 bits per heavy atom. The van der Waals surface area contributed by atoms with Crippen LogP contribution in [0.1, 0.15) is 63.5 Å². The molecule has 188 valence electrons. The molecule has 8 nitrogen and oxygen atoms in total. The number of likely N-dealkylation sites (N-methyl/N-ethyl adjacent to an activating group) is 1. The van der Waals surface area contributed by atoms with Crippen molar-refractivity contribution in [3.63, 3.8) is 0 Å². The van der Waals surface area contributed by atoms with E-state index in [1.807, 2.05) is 30.3 Å².